The molecule has 436 valence electrons. The first kappa shape index (κ1) is 64.0. The number of fused-ring (bicyclic) bond motifs is 7. The van der Waals surface area contributed by atoms with Crippen LogP contribution in [-0.4, -0.2) is 233 Å². The third-order valence-corrected chi connectivity index (χ3v) is 18.5. The van der Waals surface area contributed by atoms with E-state index < -0.39 is 98.3 Å². The van der Waals surface area contributed by atoms with Crippen LogP contribution in [0.25, 0.3) is 0 Å². The minimum absolute atomic E-state index is 0.0603. The Hall–Kier alpha value is -1.84. The van der Waals surface area contributed by atoms with Crippen molar-refractivity contribution in [3.8, 4) is 0 Å². The topological polar surface area (TPSA) is 342 Å². The molecule has 0 saturated heterocycles. The molecule has 4 saturated carbocycles. The van der Waals surface area contributed by atoms with Crippen molar-refractivity contribution in [1.29, 1.82) is 0 Å². The minimum Gasteiger partial charge on any atom is -0.462 e. The molecule has 5 rings (SSSR count). The molecule has 21 nitrogen and oxygen atoms in total. The van der Waals surface area contributed by atoms with Crippen molar-refractivity contribution in [2.45, 2.75) is 173 Å². The Bertz CT molecular complexity index is 1840. The van der Waals surface area contributed by atoms with Crippen LogP contribution in [0.4, 0.5) is 0 Å². The summed E-state index contributed by atoms with van der Waals surface area (Å²) >= 11 is 0. The predicted molar refractivity (Wildman–Crippen MR) is 268 cm³/mol. The fourth-order valence-corrected chi connectivity index (χ4v) is 13.7. The number of allylic oxidation sites excluding steroid dienone is 2. The number of carbonyl (C=O) groups is 2. The van der Waals surface area contributed by atoms with E-state index in [1.807, 2.05) is 13.0 Å². The van der Waals surface area contributed by atoms with Gasteiger partial charge in [-0.15, -0.1) is 0 Å². The van der Waals surface area contributed by atoms with E-state index >= 15 is 0 Å². The zero-order valence-corrected chi connectivity index (χ0v) is 45.5. The minimum atomic E-state index is -1.93. The number of hydrogen-bond donors (Lipinski definition) is 12. The van der Waals surface area contributed by atoms with E-state index in [0.717, 1.165) is 44.1 Å². The molecule has 4 fully saturated rings. The van der Waals surface area contributed by atoms with Gasteiger partial charge in [-0.3, -0.25) is 9.59 Å². The molecule has 0 amide bonds. The number of aliphatic hydroxyl groups excluding tert-OH is 12. The van der Waals surface area contributed by atoms with Crippen LogP contribution in [0.5, 0.6) is 0 Å². The molecule has 5 aliphatic carbocycles. The highest BCUT2D eigenvalue weighted by Gasteiger charge is 2.70. The molecule has 0 heterocycles. The van der Waals surface area contributed by atoms with Crippen LogP contribution in [0, 0.1) is 50.2 Å². The lowest BCUT2D eigenvalue weighted by Crippen LogP contribution is -2.66. The maximum atomic E-state index is 14.7. The molecule has 0 aromatic heterocycles. The Balaban J connectivity index is 0.969. The summed E-state index contributed by atoms with van der Waals surface area (Å²) in [7, 11) is 0. The number of hydrogen-bond acceptors (Lipinski definition) is 21. The van der Waals surface area contributed by atoms with Gasteiger partial charge in [0.15, 0.2) is 5.78 Å². The van der Waals surface area contributed by atoms with Gasteiger partial charge in [0.05, 0.1) is 97.4 Å². The average Bonchev–Trinajstić information content (AvgIpc) is 3.34. The SMILES string of the molecule is CC1(C)[C@@H](O)CC[C@]2(C)[C@H]3C(=O)C=C4[C@@H]5C[C@@](C)(C(=O)OCC(O)C(O)C(O)C(O)COCC(O)COCC(O)COCC(O)COCC(O)COCC(O)COCC(O)CO)CC[C@]5(C)CC[C@@]4(C)[C@]3(C)CC[C@@H]12. The molecular weight excluding hydrogens is 985 g/mol. The Kier molecular flexibility index (Phi) is 23.1. The highest BCUT2D eigenvalue weighted by atomic mass is 16.6. The van der Waals surface area contributed by atoms with Crippen LogP contribution in [0.1, 0.15) is 106 Å². The molecule has 0 radical (unpaired) electrons. The van der Waals surface area contributed by atoms with Gasteiger partial charge in [0.1, 0.15) is 67.6 Å². The lowest BCUT2D eigenvalue weighted by atomic mass is 9.33. The first-order valence-electron chi connectivity index (χ1n) is 27.1. The van der Waals surface area contributed by atoms with Crippen LogP contribution in [0.2, 0.25) is 0 Å². The van der Waals surface area contributed by atoms with E-state index in [1.165, 1.54) is 0 Å². The molecule has 21 heteroatoms. The lowest BCUT2D eigenvalue weighted by Gasteiger charge is -2.70. The van der Waals surface area contributed by atoms with E-state index in [9.17, 15) is 65.8 Å². The molecule has 0 aliphatic heterocycles. The quantitative estimate of drug-likeness (QED) is 0.0392. The molecule has 75 heavy (non-hydrogen) atoms. The first-order valence-corrected chi connectivity index (χ1v) is 27.1. The fourth-order valence-electron chi connectivity index (χ4n) is 13.7. The normalized spacial score (nSPS) is 35.5. The molecule has 19 atom stereocenters. The van der Waals surface area contributed by atoms with Gasteiger partial charge >= 0.3 is 5.97 Å². The highest BCUT2D eigenvalue weighted by Crippen LogP contribution is 2.75. The molecule has 0 spiro atoms. The number of aliphatic hydroxyl groups is 12. The zero-order chi connectivity index (χ0) is 55.7. The van der Waals surface area contributed by atoms with Crippen LogP contribution in [-0.2, 0) is 42.7 Å². The van der Waals surface area contributed by atoms with Crippen molar-refractivity contribution >= 4 is 11.8 Å². The van der Waals surface area contributed by atoms with Crippen LogP contribution in [0.15, 0.2) is 11.6 Å². The molecule has 5 aliphatic rings. The number of rotatable bonds is 31. The Morgan fingerprint density at radius 1 is 0.560 bits per heavy atom. The van der Waals surface area contributed by atoms with Crippen molar-refractivity contribution in [3.63, 3.8) is 0 Å². The second-order valence-electron chi connectivity index (χ2n) is 24.7. The summed E-state index contributed by atoms with van der Waals surface area (Å²) in [6.07, 6.45) is -5.40. The maximum Gasteiger partial charge on any atom is 0.311 e. The number of esters is 1. The monoisotopic (exact) mass is 1080 g/mol. The summed E-state index contributed by atoms with van der Waals surface area (Å²) in [5.74, 6) is -0.419. The van der Waals surface area contributed by atoms with Gasteiger partial charge in [-0.25, -0.2) is 0 Å². The van der Waals surface area contributed by atoms with E-state index in [4.69, 9.17) is 38.3 Å². The lowest BCUT2D eigenvalue weighted by molar-refractivity contribution is -0.202. The van der Waals surface area contributed by atoms with E-state index in [1.54, 1.807) is 0 Å². The van der Waals surface area contributed by atoms with Gasteiger partial charge in [-0.05, 0) is 110 Å². The molecular formula is C54H94O21. The summed E-state index contributed by atoms with van der Waals surface area (Å²) in [6.45, 7) is 11.4. The average molecular weight is 1080 g/mol. The maximum absolute atomic E-state index is 14.7. The van der Waals surface area contributed by atoms with Crippen molar-refractivity contribution in [1.82, 2.24) is 0 Å². The summed E-state index contributed by atoms with van der Waals surface area (Å²) in [5, 5.41) is 122. The molecule has 12 N–H and O–H groups in total. The number of carbonyl (C=O) groups excluding carboxylic acids is 2. The largest absolute Gasteiger partial charge is 0.462 e. The molecule has 10 unspecified atom stereocenters. The van der Waals surface area contributed by atoms with Crippen LogP contribution < -0.4 is 0 Å². The van der Waals surface area contributed by atoms with Gasteiger partial charge in [0.2, 0.25) is 0 Å². The highest BCUT2D eigenvalue weighted by molar-refractivity contribution is 5.95. The van der Waals surface area contributed by atoms with Crippen molar-refractivity contribution in [2.24, 2.45) is 50.2 Å². The fraction of sp³-hybridized carbons (Fsp3) is 0.926. The van der Waals surface area contributed by atoms with Crippen molar-refractivity contribution in [2.75, 3.05) is 92.5 Å². The predicted octanol–water partition coefficient (Wildman–Crippen LogP) is -0.428. The summed E-state index contributed by atoms with van der Waals surface area (Å²) in [6, 6.07) is 0. The van der Waals surface area contributed by atoms with Crippen LogP contribution >= 0.6 is 0 Å². The zero-order valence-electron chi connectivity index (χ0n) is 45.5. The smallest absolute Gasteiger partial charge is 0.311 e. The Morgan fingerprint density at radius 2 is 0.987 bits per heavy atom. The van der Waals surface area contributed by atoms with E-state index in [2.05, 4.69) is 41.5 Å². The third-order valence-electron chi connectivity index (χ3n) is 18.5. The van der Waals surface area contributed by atoms with Gasteiger partial charge in [-0.2, -0.15) is 0 Å². The van der Waals surface area contributed by atoms with E-state index in [0.29, 0.717) is 19.3 Å². The van der Waals surface area contributed by atoms with Gasteiger partial charge in [0, 0.05) is 5.92 Å². The molecule has 0 aromatic rings. The molecule has 0 aromatic carbocycles. The molecule has 0 bridgehead atoms. The third kappa shape index (κ3) is 15.1. The summed E-state index contributed by atoms with van der Waals surface area (Å²) in [5.41, 5.74) is -1.09. The van der Waals surface area contributed by atoms with E-state index in [-0.39, 0.29) is 123 Å². The van der Waals surface area contributed by atoms with Gasteiger partial charge < -0.3 is 94.4 Å². The Morgan fingerprint density at radius 3 is 1.45 bits per heavy atom. The van der Waals surface area contributed by atoms with Gasteiger partial charge in [0.25, 0.3) is 0 Å². The first-order chi connectivity index (χ1) is 35.1. The summed E-state index contributed by atoms with van der Waals surface area (Å²) < 4.78 is 37.0. The van der Waals surface area contributed by atoms with Crippen LogP contribution in [0.3, 0.4) is 0 Å². The second-order valence-corrected chi connectivity index (χ2v) is 24.7. The standard InChI is InChI=1S/C54H94O21/c1-49(2)43-8-11-54(7)47(52(43,5)10-9-44(49)65)40(62)16-38-39-17-51(4,13-12-50(39,3)14-15-53(38,54)6)48(68)75-31-42(64)46(67)45(66)41(63)30-74-29-37(61)28-73-27-36(60)26-72-25-35(59)24-71-23-34(58)22-70-21-33(57)20-69-19-32(56)18-55/h16,32-37,39,41-47,55-61,63-67H,8-15,17-31H2,1-7H3/t32?,33?,34?,35?,36?,37?,39-,41?,42?,43-,44-,45?,46?,47+,50+,51-,52-,53+,54+/m0/s1. The number of ketones is 1. The summed E-state index contributed by atoms with van der Waals surface area (Å²) in [4.78, 5) is 28.7. The number of ether oxygens (including phenoxy) is 7. The Labute approximate surface area is 442 Å². The second kappa shape index (κ2) is 27.1. The van der Waals surface area contributed by atoms with Crippen molar-refractivity contribution in [3.05, 3.63) is 11.6 Å². The van der Waals surface area contributed by atoms with Crippen molar-refractivity contribution < 1.29 is 104 Å². The van der Waals surface area contributed by atoms with Gasteiger partial charge in [-0.1, -0.05) is 47.1 Å².